The van der Waals surface area contributed by atoms with E-state index in [-0.39, 0.29) is 5.78 Å². The van der Waals surface area contributed by atoms with Gasteiger partial charge >= 0.3 is 0 Å². The molecular weight excluding hydrogens is 268 g/mol. The number of nitrogens with zero attached hydrogens (tertiary/aromatic N) is 2. The largest absolute Gasteiger partial charge is 0.293 e. The van der Waals surface area contributed by atoms with E-state index < -0.39 is 0 Å². The van der Waals surface area contributed by atoms with Crippen LogP contribution in [0.2, 0.25) is 0 Å². The fourth-order valence-electron chi connectivity index (χ4n) is 2.82. The molecule has 3 nitrogen and oxygen atoms in total. The third kappa shape index (κ3) is 2.85. The molecule has 0 radical (unpaired) electrons. The summed E-state index contributed by atoms with van der Waals surface area (Å²) in [6.07, 6.45) is 9.33. The molecule has 20 heavy (non-hydrogen) atoms. The van der Waals surface area contributed by atoms with Crippen molar-refractivity contribution in [3.63, 3.8) is 0 Å². The van der Waals surface area contributed by atoms with Gasteiger partial charge in [-0.1, -0.05) is 6.42 Å². The number of carbonyl (C=O) groups excluding carboxylic acids is 1. The summed E-state index contributed by atoms with van der Waals surface area (Å²) in [6.45, 7) is 0. The van der Waals surface area contributed by atoms with E-state index in [0.29, 0.717) is 6.42 Å². The molecule has 0 N–H and O–H groups in total. The quantitative estimate of drug-likeness (QED) is 0.637. The Hall–Kier alpha value is -1.42. The van der Waals surface area contributed by atoms with Crippen LogP contribution in [0.4, 0.5) is 0 Å². The number of carbonyl (C=O) groups is 1. The van der Waals surface area contributed by atoms with Gasteiger partial charge in [0.15, 0.2) is 5.78 Å². The zero-order valence-corrected chi connectivity index (χ0v) is 12.7. The minimum Gasteiger partial charge on any atom is -0.293 e. The standard InChI is InChI=1S/C16H20N2OS/c1-18-13(9-10-17-18)7-8-14(19)16-11-12-5-3-2-4-6-15(12)20-16/h9-11H,2-8H2,1H3. The Labute approximate surface area is 123 Å². The smallest absolute Gasteiger partial charge is 0.173 e. The van der Waals surface area contributed by atoms with E-state index in [0.717, 1.165) is 29.8 Å². The Morgan fingerprint density at radius 1 is 1.35 bits per heavy atom. The fourth-order valence-corrected chi connectivity index (χ4v) is 4.04. The SMILES string of the molecule is Cn1nccc1CCC(=O)c1cc2c(s1)CCCCC2. The summed E-state index contributed by atoms with van der Waals surface area (Å²) in [5, 5.41) is 4.14. The van der Waals surface area contributed by atoms with Gasteiger partial charge in [0.05, 0.1) is 4.88 Å². The Balaban J connectivity index is 1.67. The van der Waals surface area contributed by atoms with Gasteiger partial charge < -0.3 is 0 Å². The van der Waals surface area contributed by atoms with E-state index in [1.807, 2.05) is 17.8 Å². The first kappa shape index (κ1) is 13.6. The van der Waals surface area contributed by atoms with Crippen molar-refractivity contribution < 1.29 is 4.79 Å². The molecule has 2 aromatic heterocycles. The number of aryl methyl sites for hydroxylation is 4. The summed E-state index contributed by atoms with van der Waals surface area (Å²) >= 11 is 1.73. The van der Waals surface area contributed by atoms with Crippen LogP contribution in [-0.2, 0) is 26.3 Å². The number of hydrogen-bond acceptors (Lipinski definition) is 3. The predicted octanol–water partition coefficient (Wildman–Crippen LogP) is 3.57. The van der Waals surface area contributed by atoms with Gasteiger partial charge in [0.2, 0.25) is 0 Å². The average molecular weight is 288 g/mol. The zero-order valence-electron chi connectivity index (χ0n) is 11.9. The topological polar surface area (TPSA) is 34.9 Å². The van der Waals surface area contributed by atoms with Crippen LogP contribution < -0.4 is 0 Å². The van der Waals surface area contributed by atoms with Crippen LogP contribution in [0, 0.1) is 0 Å². The lowest BCUT2D eigenvalue weighted by molar-refractivity contribution is 0.0986. The second-order valence-electron chi connectivity index (χ2n) is 5.49. The maximum absolute atomic E-state index is 12.3. The van der Waals surface area contributed by atoms with Gasteiger partial charge in [-0.05, 0) is 49.8 Å². The molecule has 0 atom stereocenters. The Morgan fingerprint density at radius 3 is 3.00 bits per heavy atom. The molecule has 0 saturated heterocycles. The minimum absolute atomic E-state index is 0.282. The fraction of sp³-hybridized carbons (Fsp3) is 0.500. The van der Waals surface area contributed by atoms with E-state index in [1.165, 1.54) is 29.7 Å². The second-order valence-corrected chi connectivity index (χ2v) is 6.63. The van der Waals surface area contributed by atoms with E-state index in [4.69, 9.17) is 0 Å². The highest BCUT2D eigenvalue weighted by atomic mass is 32.1. The molecule has 0 aliphatic heterocycles. The third-order valence-electron chi connectivity index (χ3n) is 4.05. The number of thiophene rings is 1. The number of rotatable bonds is 4. The van der Waals surface area contributed by atoms with Crippen molar-refractivity contribution in [1.82, 2.24) is 9.78 Å². The molecule has 1 aliphatic carbocycles. The van der Waals surface area contributed by atoms with E-state index in [2.05, 4.69) is 11.2 Å². The lowest BCUT2D eigenvalue weighted by atomic mass is 10.1. The van der Waals surface area contributed by atoms with Crippen LogP contribution in [0.5, 0.6) is 0 Å². The summed E-state index contributed by atoms with van der Waals surface area (Å²) in [7, 11) is 1.92. The van der Waals surface area contributed by atoms with Gasteiger partial charge in [-0.3, -0.25) is 9.48 Å². The zero-order chi connectivity index (χ0) is 13.9. The normalized spacial score (nSPS) is 14.8. The lowest BCUT2D eigenvalue weighted by Crippen LogP contribution is -2.03. The molecule has 0 fully saturated rings. The lowest BCUT2D eigenvalue weighted by Gasteiger charge is -2.00. The summed E-state index contributed by atoms with van der Waals surface area (Å²) in [4.78, 5) is 14.7. The number of Topliss-reactive ketones (excluding diaryl/α,β-unsaturated/α-hetero) is 1. The Bertz CT molecular complexity index is 588. The molecular formula is C16H20N2OS. The number of aromatic nitrogens is 2. The molecule has 2 aromatic rings. The molecule has 0 amide bonds. The van der Waals surface area contributed by atoms with Crippen molar-refractivity contribution in [3.8, 4) is 0 Å². The average Bonchev–Trinajstić information content (AvgIpc) is 2.97. The van der Waals surface area contributed by atoms with Gasteiger partial charge in [-0.15, -0.1) is 11.3 Å². The van der Waals surface area contributed by atoms with Gasteiger partial charge in [0.25, 0.3) is 0 Å². The number of hydrogen-bond donors (Lipinski definition) is 0. The monoisotopic (exact) mass is 288 g/mol. The number of fused-ring (bicyclic) bond motifs is 1. The first-order chi connectivity index (χ1) is 9.74. The third-order valence-corrected chi connectivity index (χ3v) is 5.33. The first-order valence-corrected chi connectivity index (χ1v) is 8.17. The Kier molecular flexibility index (Phi) is 4.01. The highest BCUT2D eigenvalue weighted by Gasteiger charge is 2.16. The highest BCUT2D eigenvalue weighted by molar-refractivity contribution is 7.14. The second kappa shape index (κ2) is 5.92. The Morgan fingerprint density at radius 2 is 2.20 bits per heavy atom. The van der Waals surface area contributed by atoms with Crippen molar-refractivity contribution in [3.05, 3.63) is 39.3 Å². The predicted molar refractivity (Wildman–Crippen MR) is 81.4 cm³/mol. The van der Waals surface area contributed by atoms with Gasteiger partial charge in [-0.2, -0.15) is 5.10 Å². The van der Waals surface area contributed by atoms with Crippen molar-refractivity contribution in [2.75, 3.05) is 0 Å². The minimum atomic E-state index is 0.282. The number of ketones is 1. The van der Waals surface area contributed by atoms with Gasteiger partial charge in [-0.25, -0.2) is 0 Å². The van der Waals surface area contributed by atoms with Crippen molar-refractivity contribution in [2.24, 2.45) is 7.05 Å². The summed E-state index contributed by atoms with van der Waals surface area (Å²) in [5.41, 5.74) is 2.55. The summed E-state index contributed by atoms with van der Waals surface area (Å²) in [6, 6.07) is 4.13. The van der Waals surface area contributed by atoms with Crippen molar-refractivity contribution in [2.45, 2.75) is 44.9 Å². The summed E-state index contributed by atoms with van der Waals surface area (Å²) < 4.78 is 1.84. The molecule has 0 unspecified atom stereocenters. The molecule has 0 spiro atoms. The molecule has 3 rings (SSSR count). The first-order valence-electron chi connectivity index (χ1n) is 7.35. The van der Waals surface area contributed by atoms with Crippen LogP contribution in [0.15, 0.2) is 18.3 Å². The van der Waals surface area contributed by atoms with E-state index in [1.54, 1.807) is 17.5 Å². The highest BCUT2D eigenvalue weighted by Crippen LogP contribution is 2.29. The maximum Gasteiger partial charge on any atom is 0.173 e. The van der Waals surface area contributed by atoms with Gasteiger partial charge in [0, 0.05) is 30.2 Å². The molecule has 0 bridgehead atoms. The molecule has 0 aromatic carbocycles. The van der Waals surface area contributed by atoms with E-state index >= 15 is 0 Å². The van der Waals surface area contributed by atoms with Gasteiger partial charge in [0.1, 0.15) is 0 Å². The van der Waals surface area contributed by atoms with Crippen LogP contribution in [0.1, 0.15) is 51.5 Å². The molecule has 4 heteroatoms. The molecule has 106 valence electrons. The van der Waals surface area contributed by atoms with Crippen LogP contribution in [-0.4, -0.2) is 15.6 Å². The van der Waals surface area contributed by atoms with Crippen LogP contribution in [0.3, 0.4) is 0 Å². The maximum atomic E-state index is 12.3. The van der Waals surface area contributed by atoms with Crippen molar-refractivity contribution in [1.29, 1.82) is 0 Å². The van der Waals surface area contributed by atoms with E-state index in [9.17, 15) is 4.79 Å². The van der Waals surface area contributed by atoms with Crippen LogP contribution >= 0.6 is 11.3 Å². The molecule has 2 heterocycles. The molecule has 0 saturated carbocycles. The van der Waals surface area contributed by atoms with Crippen LogP contribution in [0.25, 0.3) is 0 Å². The molecule has 1 aliphatic rings. The van der Waals surface area contributed by atoms with Crippen molar-refractivity contribution >= 4 is 17.1 Å². The summed E-state index contributed by atoms with van der Waals surface area (Å²) in [5.74, 6) is 0.282.